The third kappa shape index (κ3) is 5.55. The molecule has 0 aliphatic heterocycles. The first-order valence-corrected chi connectivity index (χ1v) is 19.1. The second-order valence-corrected chi connectivity index (χ2v) is 14.3. The van der Waals surface area contributed by atoms with Gasteiger partial charge in [0.05, 0.1) is 22.1 Å². The van der Waals surface area contributed by atoms with E-state index in [2.05, 4.69) is 142 Å². The number of fused-ring (bicyclic) bond motifs is 7. The monoisotopic (exact) mass is 751 g/mol. The Kier molecular flexibility index (Phi) is 7.79. The smallest absolute Gasteiger partial charge is 0.164 e. The van der Waals surface area contributed by atoms with Crippen LogP contribution in [-0.4, -0.2) is 24.1 Å². The molecule has 11 rings (SSSR count). The van der Waals surface area contributed by atoms with Gasteiger partial charge in [0.1, 0.15) is 11.6 Å². The summed E-state index contributed by atoms with van der Waals surface area (Å²) < 4.78 is 32.5. The minimum Gasteiger partial charge on any atom is -0.307 e. The third-order valence-corrected chi connectivity index (χ3v) is 10.9. The van der Waals surface area contributed by atoms with E-state index in [0.717, 1.165) is 60.9 Å². The van der Waals surface area contributed by atoms with E-state index in [4.69, 9.17) is 9.97 Å². The fraction of sp³-hybridized carbons (Fsp3) is 0. The highest BCUT2D eigenvalue weighted by Crippen LogP contribution is 2.42. The maximum Gasteiger partial charge on any atom is 0.164 e. The molecule has 0 aliphatic rings. The van der Waals surface area contributed by atoms with Crippen molar-refractivity contribution >= 4 is 43.6 Å². The highest BCUT2D eigenvalue weighted by Gasteiger charge is 2.22. The summed E-state index contributed by atoms with van der Waals surface area (Å²) >= 11 is 0. The predicted octanol–water partition coefficient (Wildman–Crippen LogP) is 13.0. The van der Waals surface area contributed by atoms with Gasteiger partial charge in [-0.2, -0.15) is 0 Å². The normalized spacial score (nSPS) is 11.6. The van der Waals surface area contributed by atoms with Crippen molar-refractivity contribution in [3.63, 3.8) is 0 Å². The van der Waals surface area contributed by atoms with Gasteiger partial charge in [-0.25, -0.2) is 23.7 Å². The van der Waals surface area contributed by atoms with Crippen LogP contribution in [0.1, 0.15) is 0 Å². The maximum absolute atomic E-state index is 13.8. The summed E-state index contributed by atoms with van der Waals surface area (Å²) in [5, 5.41) is 4.72. The molecule has 11 aromatic rings. The highest BCUT2D eigenvalue weighted by atomic mass is 19.1. The van der Waals surface area contributed by atoms with Gasteiger partial charge in [0.2, 0.25) is 0 Å². The van der Waals surface area contributed by atoms with Crippen LogP contribution in [0.5, 0.6) is 0 Å². The molecule has 0 bridgehead atoms. The molecule has 3 heterocycles. The van der Waals surface area contributed by atoms with Crippen molar-refractivity contribution in [2.24, 2.45) is 0 Å². The Morgan fingerprint density at radius 2 is 0.707 bits per heavy atom. The topological polar surface area (TPSA) is 48.5 Å². The van der Waals surface area contributed by atoms with Gasteiger partial charge in [0, 0.05) is 49.6 Å². The van der Waals surface area contributed by atoms with E-state index in [1.54, 1.807) is 24.3 Å². The molecule has 8 aromatic carbocycles. The number of hydrogen-bond acceptors (Lipinski definition) is 3. The van der Waals surface area contributed by atoms with Crippen LogP contribution in [0.2, 0.25) is 0 Å². The fourth-order valence-corrected chi connectivity index (χ4v) is 8.19. The zero-order chi connectivity index (χ0) is 38.7. The number of para-hydroxylation sites is 3. The minimum absolute atomic E-state index is 0.348. The Morgan fingerprint density at radius 1 is 0.310 bits per heavy atom. The van der Waals surface area contributed by atoms with Crippen LogP contribution < -0.4 is 0 Å². The number of rotatable bonds is 6. The number of aromatic nitrogens is 5. The lowest BCUT2D eigenvalue weighted by molar-refractivity contribution is 0.627. The van der Waals surface area contributed by atoms with Gasteiger partial charge in [0.15, 0.2) is 17.5 Å². The molecule has 0 spiro atoms. The summed E-state index contributed by atoms with van der Waals surface area (Å²) in [6, 6.07) is 61.3. The summed E-state index contributed by atoms with van der Waals surface area (Å²) in [5.41, 5.74) is 11.0. The first-order valence-electron chi connectivity index (χ1n) is 19.1. The van der Waals surface area contributed by atoms with Crippen molar-refractivity contribution in [3.05, 3.63) is 200 Å². The molecule has 0 unspecified atom stereocenters. The predicted molar refractivity (Wildman–Crippen MR) is 230 cm³/mol. The van der Waals surface area contributed by atoms with Crippen molar-refractivity contribution in [2.75, 3.05) is 0 Å². The van der Waals surface area contributed by atoms with Gasteiger partial charge in [-0.05, 0) is 102 Å². The third-order valence-electron chi connectivity index (χ3n) is 10.9. The lowest BCUT2D eigenvalue weighted by Crippen LogP contribution is -2.00. The van der Waals surface area contributed by atoms with E-state index in [0.29, 0.717) is 28.6 Å². The molecule has 0 amide bonds. The Balaban J connectivity index is 1.08. The summed E-state index contributed by atoms with van der Waals surface area (Å²) in [4.78, 5) is 14.3. The van der Waals surface area contributed by atoms with E-state index < -0.39 is 0 Å². The van der Waals surface area contributed by atoms with Crippen molar-refractivity contribution in [3.8, 4) is 56.7 Å². The number of hydrogen-bond donors (Lipinski definition) is 0. The van der Waals surface area contributed by atoms with Crippen molar-refractivity contribution in [1.29, 1.82) is 0 Å². The lowest BCUT2D eigenvalue weighted by Gasteiger charge is -2.12. The quantitative estimate of drug-likeness (QED) is 0.170. The van der Waals surface area contributed by atoms with Crippen LogP contribution in [0.15, 0.2) is 188 Å². The molecule has 7 heteroatoms. The van der Waals surface area contributed by atoms with Gasteiger partial charge in [-0.3, -0.25) is 0 Å². The second-order valence-electron chi connectivity index (χ2n) is 14.3. The van der Waals surface area contributed by atoms with E-state index in [1.165, 1.54) is 35.0 Å². The van der Waals surface area contributed by atoms with Gasteiger partial charge in [0.25, 0.3) is 0 Å². The lowest BCUT2D eigenvalue weighted by atomic mass is 10.0. The van der Waals surface area contributed by atoms with Crippen LogP contribution in [0.3, 0.4) is 0 Å². The van der Waals surface area contributed by atoms with Crippen molar-refractivity contribution in [2.45, 2.75) is 0 Å². The first kappa shape index (κ1) is 33.6. The van der Waals surface area contributed by atoms with Crippen molar-refractivity contribution in [1.82, 2.24) is 24.1 Å². The van der Waals surface area contributed by atoms with Crippen LogP contribution in [0.25, 0.3) is 100 Å². The molecular weight excluding hydrogens is 721 g/mol. The Bertz CT molecular complexity index is 3250. The average Bonchev–Trinajstić information content (AvgIpc) is 3.80. The fourth-order valence-electron chi connectivity index (χ4n) is 8.19. The minimum atomic E-state index is -0.348. The molecule has 0 fully saturated rings. The van der Waals surface area contributed by atoms with Crippen LogP contribution in [0.4, 0.5) is 8.78 Å². The molecule has 0 N–H and O–H groups in total. The second kappa shape index (κ2) is 13.5. The molecule has 5 nitrogen and oxygen atoms in total. The zero-order valence-electron chi connectivity index (χ0n) is 30.9. The molecule has 0 aliphatic carbocycles. The van der Waals surface area contributed by atoms with E-state index in [1.807, 2.05) is 12.1 Å². The maximum atomic E-state index is 13.8. The number of benzene rings is 8. The van der Waals surface area contributed by atoms with Crippen LogP contribution in [0, 0.1) is 11.6 Å². The molecular formula is C51H31F2N5. The van der Waals surface area contributed by atoms with Gasteiger partial charge >= 0.3 is 0 Å². The first-order chi connectivity index (χ1) is 28.6. The summed E-state index contributed by atoms with van der Waals surface area (Å²) in [5.74, 6) is 0.556. The van der Waals surface area contributed by atoms with Crippen molar-refractivity contribution < 1.29 is 8.78 Å². The standard InChI is InChI=1S/C51H31F2N5/c52-37-24-19-34(20-25-37)50-54-49(55-51(56-50)35-21-26-38(53)27-22-35)33-17-15-32(16-18-33)36-23-30-46-44(31-36)43-29-28-42-41-13-7-8-14-45(41)57(39-9-3-1-4-10-39)47(42)48(43)58(46)40-11-5-2-6-12-40/h1-31H. The average molecular weight is 752 g/mol. The Labute approximate surface area is 331 Å². The SMILES string of the molecule is Fc1ccc(-c2nc(-c3ccc(F)cc3)nc(-c3ccc(-c4ccc5c(c4)c4ccc6c7ccccc7n(-c7ccccc7)c6c4n5-c4ccccc4)cc3)n2)cc1. The molecule has 3 aromatic heterocycles. The highest BCUT2D eigenvalue weighted by molar-refractivity contribution is 6.24. The van der Waals surface area contributed by atoms with Gasteiger partial charge in [-0.1, -0.05) is 97.1 Å². The Hall–Kier alpha value is -7.77. The largest absolute Gasteiger partial charge is 0.307 e. The summed E-state index contributed by atoms with van der Waals surface area (Å²) in [6.07, 6.45) is 0. The Morgan fingerprint density at radius 3 is 1.22 bits per heavy atom. The molecule has 0 saturated heterocycles. The molecule has 0 atom stereocenters. The number of nitrogens with zero attached hydrogens (tertiary/aromatic N) is 5. The molecule has 58 heavy (non-hydrogen) atoms. The van der Waals surface area contributed by atoms with Gasteiger partial charge in [-0.15, -0.1) is 0 Å². The van der Waals surface area contributed by atoms with Crippen LogP contribution in [-0.2, 0) is 0 Å². The molecule has 0 radical (unpaired) electrons. The van der Waals surface area contributed by atoms with E-state index in [9.17, 15) is 8.78 Å². The zero-order valence-corrected chi connectivity index (χ0v) is 30.9. The van der Waals surface area contributed by atoms with Crippen LogP contribution >= 0.6 is 0 Å². The summed E-state index contributed by atoms with van der Waals surface area (Å²) in [7, 11) is 0. The molecule has 0 saturated carbocycles. The van der Waals surface area contributed by atoms with Gasteiger partial charge < -0.3 is 9.13 Å². The van der Waals surface area contributed by atoms with E-state index in [-0.39, 0.29) is 11.6 Å². The summed E-state index contributed by atoms with van der Waals surface area (Å²) in [6.45, 7) is 0. The number of halogens is 2. The molecule has 274 valence electrons. The van der Waals surface area contributed by atoms with E-state index >= 15 is 0 Å².